The maximum atomic E-state index is 10.6. The molecule has 1 aliphatic rings. The second-order valence-electron chi connectivity index (χ2n) is 2.86. The molecule has 3 nitrogen and oxygen atoms in total. The van der Waals surface area contributed by atoms with Gasteiger partial charge < -0.3 is 9.47 Å². The van der Waals surface area contributed by atoms with E-state index in [1.54, 1.807) is 6.92 Å². The summed E-state index contributed by atoms with van der Waals surface area (Å²) in [5.74, 6) is 0.121. The Balaban J connectivity index is 0.000000165. The average Bonchev–Trinajstić information content (AvgIpc) is 2.77. The number of ketones is 1. The summed E-state index contributed by atoms with van der Waals surface area (Å²) in [7, 11) is 0. The van der Waals surface area contributed by atoms with E-state index in [2.05, 4.69) is 0 Å². The van der Waals surface area contributed by atoms with Crippen LogP contribution in [0.3, 0.4) is 0 Å². The smallest absolute Gasteiger partial charge is 0.159 e. The van der Waals surface area contributed by atoms with Gasteiger partial charge in [0.2, 0.25) is 0 Å². The van der Waals surface area contributed by atoms with Crippen LogP contribution in [0.25, 0.3) is 0 Å². The van der Waals surface area contributed by atoms with Crippen LogP contribution in [-0.2, 0) is 9.47 Å². The Kier molecular flexibility index (Phi) is 4.89. The molecule has 0 N–H and O–H groups in total. The van der Waals surface area contributed by atoms with Gasteiger partial charge in [0, 0.05) is 5.56 Å². The number of carbonyl (C=O) groups excluding carboxylic acids is 1. The number of carbonyl (C=O) groups is 1. The first kappa shape index (κ1) is 10.9. The molecule has 1 fully saturated rings. The van der Waals surface area contributed by atoms with Crippen molar-refractivity contribution in [2.45, 2.75) is 6.92 Å². The summed E-state index contributed by atoms with van der Waals surface area (Å²) < 4.78 is 9.44. The standard InChI is InChI=1S/C8H8O.C3H6O2/c1-7(9)8-5-3-2-4-6-8;1-2-5-3-4-1/h2-6H,1H3;1-3H2. The van der Waals surface area contributed by atoms with E-state index >= 15 is 0 Å². The van der Waals surface area contributed by atoms with Crippen LogP contribution in [0.4, 0.5) is 0 Å². The molecule has 1 saturated heterocycles. The molecule has 1 heterocycles. The summed E-state index contributed by atoms with van der Waals surface area (Å²) in [5, 5.41) is 0. The zero-order chi connectivity index (χ0) is 10.2. The minimum Gasteiger partial charge on any atom is -0.353 e. The van der Waals surface area contributed by atoms with E-state index in [9.17, 15) is 4.79 Å². The van der Waals surface area contributed by atoms with Gasteiger partial charge in [-0.05, 0) is 6.92 Å². The molecule has 0 saturated carbocycles. The molecule has 14 heavy (non-hydrogen) atoms. The van der Waals surface area contributed by atoms with Crippen LogP contribution in [0.2, 0.25) is 0 Å². The van der Waals surface area contributed by atoms with E-state index in [1.165, 1.54) is 0 Å². The van der Waals surface area contributed by atoms with E-state index in [1.807, 2.05) is 30.3 Å². The Hall–Kier alpha value is -1.19. The molecule has 0 aromatic heterocycles. The number of benzene rings is 1. The van der Waals surface area contributed by atoms with Gasteiger partial charge in [-0.15, -0.1) is 0 Å². The third-order valence-electron chi connectivity index (χ3n) is 1.72. The number of ether oxygens (including phenoxy) is 2. The van der Waals surface area contributed by atoms with Crippen molar-refractivity contribution in [2.24, 2.45) is 0 Å². The first-order valence-corrected chi connectivity index (χ1v) is 4.52. The molecule has 0 radical (unpaired) electrons. The van der Waals surface area contributed by atoms with E-state index in [0.717, 1.165) is 18.8 Å². The van der Waals surface area contributed by atoms with E-state index < -0.39 is 0 Å². The summed E-state index contributed by atoms with van der Waals surface area (Å²) in [6, 6.07) is 9.23. The lowest BCUT2D eigenvalue weighted by atomic mass is 10.2. The molecule has 2 rings (SSSR count). The minimum absolute atomic E-state index is 0.121. The quantitative estimate of drug-likeness (QED) is 0.640. The topological polar surface area (TPSA) is 35.5 Å². The predicted molar refractivity (Wildman–Crippen MR) is 53.2 cm³/mol. The average molecular weight is 194 g/mol. The Labute approximate surface area is 83.6 Å². The number of hydrogen-bond acceptors (Lipinski definition) is 3. The van der Waals surface area contributed by atoms with E-state index in [0.29, 0.717) is 6.79 Å². The fourth-order valence-electron chi connectivity index (χ4n) is 0.967. The summed E-state index contributed by atoms with van der Waals surface area (Å²) in [4.78, 5) is 10.6. The van der Waals surface area contributed by atoms with Gasteiger partial charge in [0.1, 0.15) is 6.79 Å². The predicted octanol–water partition coefficient (Wildman–Crippen LogP) is 1.88. The lowest BCUT2D eigenvalue weighted by Crippen LogP contribution is -1.88. The van der Waals surface area contributed by atoms with Crippen LogP contribution < -0.4 is 0 Å². The first-order chi connectivity index (χ1) is 6.80. The fourth-order valence-corrected chi connectivity index (χ4v) is 0.967. The molecule has 1 aromatic rings. The largest absolute Gasteiger partial charge is 0.353 e. The van der Waals surface area contributed by atoms with Gasteiger partial charge in [0.25, 0.3) is 0 Å². The maximum absolute atomic E-state index is 10.6. The highest BCUT2D eigenvalue weighted by Gasteiger charge is 1.94. The van der Waals surface area contributed by atoms with Crippen molar-refractivity contribution >= 4 is 5.78 Å². The van der Waals surface area contributed by atoms with Gasteiger partial charge in [0.05, 0.1) is 13.2 Å². The highest BCUT2D eigenvalue weighted by molar-refractivity contribution is 5.93. The minimum atomic E-state index is 0.121. The van der Waals surface area contributed by atoms with Gasteiger partial charge in [0.15, 0.2) is 5.78 Å². The van der Waals surface area contributed by atoms with Crippen molar-refractivity contribution in [3.63, 3.8) is 0 Å². The lowest BCUT2D eigenvalue weighted by Gasteiger charge is -1.89. The van der Waals surface area contributed by atoms with Crippen molar-refractivity contribution in [3.8, 4) is 0 Å². The highest BCUT2D eigenvalue weighted by atomic mass is 16.7. The van der Waals surface area contributed by atoms with Crippen molar-refractivity contribution in [3.05, 3.63) is 35.9 Å². The zero-order valence-electron chi connectivity index (χ0n) is 8.23. The van der Waals surface area contributed by atoms with Crippen LogP contribution in [0.1, 0.15) is 17.3 Å². The molecule has 3 heteroatoms. The van der Waals surface area contributed by atoms with Gasteiger partial charge in [-0.2, -0.15) is 0 Å². The second-order valence-corrected chi connectivity index (χ2v) is 2.86. The fraction of sp³-hybridized carbons (Fsp3) is 0.364. The van der Waals surface area contributed by atoms with E-state index in [-0.39, 0.29) is 5.78 Å². The Morgan fingerprint density at radius 2 is 1.71 bits per heavy atom. The van der Waals surface area contributed by atoms with Crippen LogP contribution in [-0.4, -0.2) is 25.8 Å². The van der Waals surface area contributed by atoms with Crippen LogP contribution in [0.15, 0.2) is 30.3 Å². The molecular formula is C11H14O3. The first-order valence-electron chi connectivity index (χ1n) is 4.52. The van der Waals surface area contributed by atoms with Crippen LogP contribution in [0, 0.1) is 0 Å². The Bertz CT molecular complexity index is 258. The molecule has 0 amide bonds. The molecule has 0 bridgehead atoms. The molecular weight excluding hydrogens is 180 g/mol. The maximum Gasteiger partial charge on any atom is 0.159 e. The monoisotopic (exact) mass is 194 g/mol. The molecule has 1 aliphatic heterocycles. The third-order valence-corrected chi connectivity index (χ3v) is 1.72. The van der Waals surface area contributed by atoms with Gasteiger partial charge in [-0.3, -0.25) is 4.79 Å². The second kappa shape index (κ2) is 6.29. The van der Waals surface area contributed by atoms with Crippen molar-refractivity contribution in [1.29, 1.82) is 0 Å². The molecule has 0 spiro atoms. The molecule has 0 unspecified atom stereocenters. The summed E-state index contributed by atoms with van der Waals surface area (Å²) in [6.45, 7) is 3.62. The highest BCUT2D eigenvalue weighted by Crippen LogP contribution is 1.97. The van der Waals surface area contributed by atoms with Gasteiger partial charge in [-0.1, -0.05) is 30.3 Å². The molecule has 1 aromatic carbocycles. The Morgan fingerprint density at radius 3 is 2.00 bits per heavy atom. The van der Waals surface area contributed by atoms with Crippen LogP contribution in [0.5, 0.6) is 0 Å². The zero-order valence-corrected chi connectivity index (χ0v) is 8.23. The number of rotatable bonds is 1. The summed E-state index contributed by atoms with van der Waals surface area (Å²) >= 11 is 0. The molecule has 0 aliphatic carbocycles. The van der Waals surface area contributed by atoms with Crippen molar-refractivity contribution < 1.29 is 14.3 Å². The SMILES string of the molecule is C1COCO1.CC(=O)c1ccccc1. The number of Topliss-reactive ketones (excluding diaryl/α,β-unsaturated/α-hetero) is 1. The van der Waals surface area contributed by atoms with E-state index in [4.69, 9.17) is 9.47 Å². The third kappa shape index (κ3) is 4.16. The van der Waals surface area contributed by atoms with Crippen molar-refractivity contribution in [1.82, 2.24) is 0 Å². The summed E-state index contributed by atoms with van der Waals surface area (Å²) in [5.41, 5.74) is 0.775. The Morgan fingerprint density at radius 1 is 1.14 bits per heavy atom. The van der Waals surface area contributed by atoms with Gasteiger partial charge in [-0.25, -0.2) is 0 Å². The molecule has 0 atom stereocenters. The normalized spacial score (nSPS) is 14.4. The van der Waals surface area contributed by atoms with Crippen molar-refractivity contribution in [2.75, 3.05) is 20.0 Å². The van der Waals surface area contributed by atoms with Gasteiger partial charge >= 0.3 is 0 Å². The molecule has 76 valence electrons. The number of hydrogen-bond donors (Lipinski definition) is 0. The summed E-state index contributed by atoms with van der Waals surface area (Å²) in [6.07, 6.45) is 0. The van der Waals surface area contributed by atoms with Crippen LogP contribution >= 0.6 is 0 Å². The lowest BCUT2D eigenvalue weighted by molar-refractivity contribution is 0.0692.